The van der Waals surface area contributed by atoms with Gasteiger partial charge in [-0.05, 0) is 36.6 Å². The quantitative estimate of drug-likeness (QED) is 0.512. The van der Waals surface area contributed by atoms with E-state index in [9.17, 15) is 17.6 Å². The maximum Gasteiger partial charge on any atom is 0.401 e. The fraction of sp³-hybridized carbons (Fsp3) is 0.455. The van der Waals surface area contributed by atoms with Gasteiger partial charge in [-0.15, -0.1) is 10.2 Å². The lowest BCUT2D eigenvalue weighted by molar-refractivity contribution is -0.148. The number of halogens is 5. The third kappa shape index (κ3) is 3.80. The van der Waals surface area contributed by atoms with Crippen LogP contribution in [0, 0.1) is 11.2 Å². The molecule has 2 aliphatic heterocycles. The van der Waals surface area contributed by atoms with Crippen LogP contribution >= 0.6 is 11.6 Å². The first kappa shape index (κ1) is 21.7. The number of nitrogens with zero attached hydrogens (tertiary/aromatic N) is 7. The van der Waals surface area contributed by atoms with Crippen molar-refractivity contribution in [2.75, 3.05) is 24.5 Å². The summed E-state index contributed by atoms with van der Waals surface area (Å²) in [7, 11) is 0. The van der Waals surface area contributed by atoms with E-state index in [-0.39, 0.29) is 24.4 Å². The van der Waals surface area contributed by atoms with Crippen molar-refractivity contribution in [3.05, 3.63) is 58.6 Å². The largest absolute Gasteiger partial charge is 0.401 e. The van der Waals surface area contributed by atoms with E-state index in [0.29, 0.717) is 22.4 Å². The molecule has 2 fully saturated rings. The van der Waals surface area contributed by atoms with Crippen molar-refractivity contribution in [2.45, 2.75) is 38.0 Å². The molecule has 0 radical (unpaired) electrons. The van der Waals surface area contributed by atoms with Crippen LogP contribution in [0.3, 0.4) is 0 Å². The Hall–Kier alpha value is -2.79. The van der Waals surface area contributed by atoms with Gasteiger partial charge in [0.15, 0.2) is 11.6 Å². The summed E-state index contributed by atoms with van der Waals surface area (Å²) in [5, 5.41) is 9.18. The third-order valence-corrected chi connectivity index (χ3v) is 7.10. The maximum atomic E-state index is 13.2. The zero-order valence-electron chi connectivity index (χ0n) is 17.9. The summed E-state index contributed by atoms with van der Waals surface area (Å²) in [5.41, 5.74) is 1.61. The van der Waals surface area contributed by atoms with Crippen molar-refractivity contribution in [1.82, 2.24) is 29.6 Å². The zero-order chi connectivity index (χ0) is 23.7. The fourth-order valence-electron chi connectivity index (χ4n) is 5.52. The Morgan fingerprint density at radius 2 is 1.79 bits per heavy atom. The summed E-state index contributed by atoms with van der Waals surface area (Å²) >= 11 is 6.17. The van der Waals surface area contributed by atoms with Crippen LogP contribution in [0.2, 0.25) is 5.02 Å². The van der Waals surface area contributed by atoms with Crippen LogP contribution in [0.15, 0.2) is 30.6 Å². The van der Waals surface area contributed by atoms with Crippen molar-refractivity contribution < 1.29 is 17.6 Å². The molecule has 34 heavy (non-hydrogen) atoms. The molecule has 12 heteroatoms. The third-order valence-electron chi connectivity index (χ3n) is 6.87. The molecule has 7 nitrogen and oxygen atoms in total. The van der Waals surface area contributed by atoms with E-state index in [1.165, 1.54) is 4.90 Å². The highest BCUT2D eigenvalue weighted by atomic mass is 35.5. The standard InChI is InChI=1S/C22H20ClF4N7/c23-15-1-2-17-13(3-15)8-32(12-22(25,26)27)9-18-30-31-19(34(17)18)14-4-21(5-14)10-33(11-21)20-28-6-16(24)7-29-20/h1-3,6-7,14H,4-5,8-12H2. The lowest BCUT2D eigenvalue weighted by Gasteiger charge is -2.58. The summed E-state index contributed by atoms with van der Waals surface area (Å²) < 4.78 is 54.5. The molecular formula is C22H20ClF4N7. The number of hydrogen-bond donors (Lipinski definition) is 0. The van der Waals surface area contributed by atoms with E-state index >= 15 is 0 Å². The van der Waals surface area contributed by atoms with Gasteiger partial charge in [-0.25, -0.2) is 14.4 Å². The van der Waals surface area contributed by atoms with Crippen LogP contribution in [0.4, 0.5) is 23.5 Å². The molecule has 0 N–H and O–H groups in total. The van der Waals surface area contributed by atoms with Crippen LogP contribution in [0.5, 0.6) is 0 Å². The van der Waals surface area contributed by atoms with Crippen LogP contribution in [0.1, 0.15) is 36.0 Å². The molecule has 1 aromatic carbocycles. The van der Waals surface area contributed by atoms with Gasteiger partial charge in [-0.3, -0.25) is 9.47 Å². The number of benzene rings is 1. The lowest BCUT2D eigenvalue weighted by atomic mass is 9.57. The zero-order valence-corrected chi connectivity index (χ0v) is 18.7. The Bertz CT molecular complexity index is 1230. The first-order valence-electron chi connectivity index (χ1n) is 10.9. The average Bonchev–Trinajstić information content (AvgIpc) is 3.02. The van der Waals surface area contributed by atoms with Crippen LogP contribution < -0.4 is 4.90 Å². The minimum absolute atomic E-state index is 0.0480. The number of aromatic nitrogens is 5. The molecule has 4 heterocycles. The first-order chi connectivity index (χ1) is 16.2. The van der Waals surface area contributed by atoms with Crippen molar-refractivity contribution in [3.63, 3.8) is 0 Å². The van der Waals surface area contributed by atoms with Gasteiger partial charge in [0.2, 0.25) is 5.95 Å². The lowest BCUT2D eigenvalue weighted by Crippen LogP contribution is -2.62. The van der Waals surface area contributed by atoms with Crippen molar-refractivity contribution in [3.8, 4) is 5.69 Å². The second-order valence-electron chi connectivity index (χ2n) is 9.51. The summed E-state index contributed by atoms with van der Waals surface area (Å²) in [4.78, 5) is 11.4. The van der Waals surface area contributed by atoms with E-state index < -0.39 is 18.5 Å². The van der Waals surface area contributed by atoms with E-state index in [1.807, 2.05) is 15.5 Å². The van der Waals surface area contributed by atoms with Gasteiger partial charge < -0.3 is 4.90 Å². The smallest absolute Gasteiger partial charge is 0.340 e. The predicted octanol–water partition coefficient (Wildman–Crippen LogP) is 4.11. The minimum atomic E-state index is -4.32. The predicted molar refractivity (Wildman–Crippen MR) is 115 cm³/mol. The Kier molecular flexibility index (Phi) is 4.86. The maximum absolute atomic E-state index is 13.2. The minimum Gasteiger partial charge on any atom is -0.340 e. The van der Waals surface area contributed by atoms with E-state index in [4.69, 9.17) is 11.6 Å². The van der Waals surface area contributed by atoms with Gasteiger partial charge >= 0.3 is 6.18 Å². The number of fused-ring (bicyclic) bond motifs is 3. The summed E-state index contributed by atoms with van der Waals surface area (Å²) in [6.45, 7) is 0.699. The van der Waals surface area contributed by atoms with E-state index in [1.54, 1.807) is 12.1 Å². The molecule has 178 valence electrons. The molecule has 1 saturated carbocycles. The Balaban J connectivity index is 1.24. The van der Waals surface area contributed by atoms with Gasteiger partial charge in [0.25, 0.3) is 0 Å². The molecule has 0 amide bonds. The molecule has 3 aromatic rings. The highest BCUT2D eigenvalue weighted by Crippen LogP contribution is 2.56. The topological polar surface area (TPSA) is 63.0 Å². The van der Waals surface area contributed by atoms with Gasteiger partial charge in [-0.1, -0.05) is 11.6 Å². The molecule has 1 aliphatic carbocycles. The van der Waals surface area contributed by atoms with E-state index in [0.717, 1.165) is 49.8 Å². The number of anilines is 1. The monoisotopic (exact) mass is 493 g/mol. The molecule has 1 spiro atoms. The van der Waals surface area contributed by atoms with Gasteiger partial charge in [0, 0.05) is 36.0 Å². The van der Waals surface area contributed by atoms with E-state index in [2.05, 4.69) is 20.2 Å². The average molecular weight is 494 g/mol. The summed E-state index contributed by atoms with van der Waals surface area (Å²) in [5.74, 6) is 1.47. The Labute approximate surface area is 197 Å². The number of alkyl halides is 3. The molecule has 0 unspecified atom stereocenters. The normalized spacial score (nSPS) is 19.9. The van der Waals surface area contributed by atoms with Crippen molar-refractivity contribution in [2.24, 2.45) is 5.41 Å². The van der Waals surface area contributed by atoms with Crippen LogP contribution in [-0.4, -0.2) is 55.4 Å². The van der Waals surface area contributed by atoms with Gasteiger partial charge in [0.1, 0.15) is 5.82 Å². The molecule has 0 bridgehead atoms. The van der Waals surface area contributed by atoms with Gasteiger partial charge in [0.05, 0.1) is 31.2 Å². The van der Waals surface area contributed by atoms with Crippen LogP contribution in [-0.2, 0) is 13.1 Å². The van der Waals surface area contributed by atoms with Crippen molar-refractivity contribution >= 4 is 17.5 Å². The van der Waals surface area contributed by atoms with Gasteiger partial charge in [-0.2, -0.15) is 13.2 Å². The highest BCUT2D eigenvalue weighted by molar-refractivity contribution is 6.30. The molecular weight excluding hydrogens is 474 g/mol. The second-order valence-corrected chi connectivity index (χ2v) is 9.94. The SMILES string of the molecule is Fc1cnc(N2CC3(CC(c4nnc5n4-c4ccc(Cl)cc4CN(CC(F)(F)F)C5)C3)C2)nc1. The molecule has 6 rings (SSSR count). The summed E-state index contributed by atoms with van der Waals surface area (Å²) in [6, 6.07) is 5.28. The fourth-order valence-corrected chi connectivity index (χ4v) is 5.72. The van der Waals surface area contributed by atoms with Crippen LogP contribution in [0.25, 0.3) is 5.69 Å². The number of rotatable bonds is 3. The molecule has 2 aromatic heterocycles. The molecule has 1 saturated heterocycles. The highest BCUT2D eigenvalue weighted by Gasteiger charge is 2.54. The molecule has 3 aliphatic rings. The number of hydrogen-bond acceptors (Lipinski definition) is 6. The first-order valence-corrected chi connectivity index (χ1v) is 11.3. The molecule has 0 atom stereocenters. The second kappa shape index (κ2) is 7.61. The Morgan fingerprint density at radius 1 is 1.06 bits per heavy atom. The Morgan fingerprint density at radius 3 is 2.50 bits per heavy atom. The summed E-state index contributed by atoms with van der Waals surface area (Å²) in [6.07, 6.45) is -0.222. The van der Waals surface area contributed by atoms with Crippen molar-refractivity contribution in [1.29, 1.82) is 0 Å².